The molecule has 2 aliphatic rings. The predicted octanol–water partition coefficient (Wildman–Crippen LogP) is 4.12. The minimum absolute atomic E-state index is 0.0169. The molecule has 1 atom stereocenters. The third-order valence-electron chi connectivity index (χ3n) is 5.15. The highest BCUT2D eigenvalue weighted by Crippen LogP contribution is 2.37. The van der Waals surface area contributed by atoms with Gasteiger partial charge in [0.25, 0.3) is 5.91 Å². The topological polar surface area (TPSA) is 58.6 Å². The lowest BCUT2D eigenvalue weighted by Gasteiger charge is -2.33. The summed E-state index contributed by atoms with van der Waals surface area (Å²) in [4.78, 5) is 26.8. The van der Waals surface area contributed by atoms with E-state index in [-0.39, 0.29) is 17.7 Å². The van der Waals surface area contributed by atoms with Gasteiger partial charge in [-0.1, -0.05) is 32.6 Å². The van der Waals surface area contributed by atoms with Gasteiger partial charge in [-0.15, -0.1) is 0 Å². The zero-order valence-corrected chi connectivity index (χ0v) is 15.2. The normalized spacial score (nSPS) is 20.8. The maximum absolute atomic E-state index is 12.5. The lowest BCUT2D eigenvalue weighted by Crippen LogP contribution is -2.44. The first-order chi connectivity index (χ1) is 12.1. The fraction of sp³-hybridized carbons (Fsp3) is 0.600. The van der Waals surface area contributed by atoms with Crippen molar-refractivity contribution in [2.75, 3.05) is 16.8 Å². The summed E-state index contributed by atoms with van der Waals surface area (Å²) in [7, 11) is 0. The van der Waals surface area contributed by atoms with Gasteiger partial charge in [0.05, 0.1) is 5.69 Å². The van der Waals surface area contributed by atoms with E-state index in [1.807, 2.05) is 18.2 Å². The molecule has 1 fully saturated rings. The number of nitrogens with zero attached hydrogens (tertiary/aromatic N) is 1. The van der Waals surface area contributed by atoms with Crippen molar-refractivity contribution in [1.29, 1.82) is 0 Å². The Morgan fingerprint density at radius 3 is 2.76 bits per heavy atom. The van der Waals surface area contributed by atoms with E-state index in [9.17, 15) is 9.59 Å². The molecule has 1 N–H and O–H groups in total. The van der Waals surface area contributed by atoms with Crippen molar-refractivity contribution in [1.82, 2.24) is 0 Å². The van der Waals surface area contributed by atoms with Gasteiger partial charge >= 0.3 is 0 Å². The third kappa shape index (κ3) is 3.97. The number of hydrogen-bond donors (Lipinski definition) is 1. The second kappa shape index (κ2) is 7.89. The van der Waals surface area contributed by atoms with Gasteiger partial charge < -0.3 is 15.0 Å². The summed E-state index contributed by atoms with van der Waals surface area (Å²) in [6, 6.07) is 5.59. The molecule has 1 heterocycles. The molecular weight excluding hydrogens is 316 g/mol. The number of amides is 2. The maximum atomic E-state index is 12.5. The summed E-state index contributed by atoms with van der Waals surface area (Å²) in [5.74, 6) is 0.894. The number of hydrogen-bond acceptors (Lipinski definition) is 3. The average molecular weight is 344 g/mol. The standard InChI is InChI=1S/C20H28N2O3/c1-3-4-12-22-17-13-16(10-11-18(17)25-14(2)20(22)24)21-19(23)15-8-6-5-7-9-15/h10-11,13-15H,3-9,12H2,1-2H3,(H,21,23). The van der Waals surface area contributed by atoms with E-state index in [2.05, 4.69) is 12.2 Å². The first-order valence-corrected chi connectivity index (χ1v) is 9.53. The molecule has 1 aliphatic heterocycles. The molecule has 0 bridgehead atoms. The van der Waals surface area contributed by atoms with E-state index >= 15 is 0 Å². The number of nitrogens with one attached hydrogen (secondary N) is 1. The molecule has 5 nitrogen and oxygen atoms in total. The first kappa shape index (κ1) is 17.8. The smallest absolute Gasteiger partial charge is 0.267 e. The van der Waals surface area contributed by atoms with Crippen LogP contribution in [0.4, 0.5) is 11.4 Å². The molecule has 0 radical (unpaired) electrons. The van der Waals surface area contributed by atoms with Crippen LogP contribution < -0.4 is 15.0 Å². The van der Waals surface area contributed by atoms with Crippen LogP contribution in [0.25, 0.3) is 0 Å². The van der Waals surface area contributed by atoms with Crippen LogP contribution in [-0.2, 0) is 9.59 Å². The number of carbonyl (C=O) groups is 2. The van der Waals surface area contributed by atoms with Crippen LogP contribution in [0, 0.1) is 5.92 Å². The van der Waals surface area contributed by atoms with Crippen LogP contribution in [-0.4, -0.2) is 24.5 Å². The monoisotopic (exact) mass is 344 g/mol. The highest BCUT2D eigenvalue weighted by Gasteiger charge is 2.31. The number of ether oxygens (including phenoxy) is 1. The molecular formula is C20H28N2O3. The van der Waals surface area contributed by atoms with E-state index in [1.54, 1.807) is 11.8 Å². The number of benzene rings is 1. The van der Waals surface area contributed by atoms with Gasteiger partial charge in [0, 0.05) is 18.2 Å². The molecule has 25 heavy (non-hydrogen) atoms. The van der Waals surface area contributed by atoms with Gasteiger partial charge in [-0.05, 0) is 44.4 Å². The van der Waals surface area contributed by atoms with Gasteiger partial charge in [0.2, 0.25) is 5.91 Å². The van der Waals surface area contributed by atoms with Crippen molar-refractivity contribution in [3.05, 3.63) is 18.2 Å². The number of rotatable bonds is 5. The van der Waals surface area contributed by atoms with Gasteiger partial charge in [-0.2, -0.15) is 0 Å². The lowest BCUT2D eigenvalue weighted by molar-refractivity contribution is -0.125. The Bertz CT molecular complexity index is 638. The molecule has 1 aromatic rings. The van der Waals surface area contributed by atoms with E-state index < -0.39 is 6.10 Å². The van der Waals surface area contributed by atoms with Crippen LogP contribution in [0.3, 0.4) is 0 Å². The molecule has 0 spiro atoms. The van der Waals surface area contributed by atoms with Crippen molar-refractivity contribution in [2.45, 2.75) is 64.9 Å². The molecule has 1 unspecified atom stereocenters. The van der Waals surface area contributed by atoms with Crippen molar-refractivity contribution < 1.29 is 14.3 Å². The molecule has 136 valence electrons. The van der Waals surface area contributed by atoms with E-state index in [0.29, 0.717) is 12.3 Å². The Labute approximate surface area is 149 Å². The Morgan fingerprint density at radius 2 is 2.04 bits per heavy atom. The summed E-state index contributed by atoms with van der Waals surface area (Å²) >= 11 is 0. The molecule has 0 aromatic heterocycles. The fourth-order valence-corrected chi connectivity index (χ4v) is 3.64. The number of carbonyl (C=O) groups excluding carboxylic acids is 2. The van der Waals surface area contributed by atoms with E-state index in [0.717, 1.165) is 49.9 Å². The van der Waals surface area contributed by atoms with Crippen LogP contribution in [0.1, 0.15) is 58.8 Å². The summed E-state index contributed by atoms with van der Waals surface area (Å²) < 4.78 is 5.73. The SMILES string of the molecule is CCCCN1C(=O)C(C)Oc2ccc(NC(=O)C3CCCCC3)cc21. The zero-order chi connectivity index (χ0) is 17.8. The van der Waals surface area contributed by atoms with Gasteiger partial charge in [0.1, 0.15) is 5.75 Å². The molecule has 1 aromatic carbocycles. The highest BCUT2D eigenvalue weighted by molar-refractivity contribution is 6.01. The summed E-state index contributed by atoms with van der Waals surface area (Å²) in [5, 5.41) is 3.03. The summed E-state index contributed by atoms with van der Waals surface area (Å²) in [6.45, 7) is 4.56. The van der Waals surface area contributed by atoms with Crippen molar-refractivity contribution in [3.63, 3.8) is 0 Å². The molecule has 1 aliphatic carbocycles. The number of unbranched alkanes of at least 4 members (excludes halogenated alkanes) is 1. The van der Waals surface area contributed by atoms with Crippen LogP contribution in [0.15, 0.2) is 18.2 Å². The van der Waals surface area contributed by atoms with E-state index in [1.165, 1.54) is 6.42 Å². The summed E-state index contributed by atoms with van der Waals surface area (Å²) in [6.07, 6.45) is 6.93. The predicted molar refractivity (Wildman–Crippen MR) is 99.0 cm³/mol. The van der Waals surface area contributed by atoms with Gasteiger partial charge in [-0.25, -0.2) is 0 Å². The Kier molecular flexibility index (Phi) is 5.61. The van der Waals surface area contributed by atoms with E-state index in [4.69, 9.17) is 4.74 Å². The average Bonchev–Trinajstić information content (AvgIpc) is 2.63. The van der Waals surface area contributed by atoms with Crippen molar-refractivity contribution in [2.24, 2.45) is 5.92 Å². The summed E-state index contributed by atoms with van der Waals surface area (Å²) in [5.41, 5.74) is 1.50. The van der Waals surface area contributed by atoms with Crippen molar-refractivity contribution >= 4 is 23.2 Å². The molecule has 5 heteroatoms. The molecule has 2 amide bonds. The second-order valence-corrected chi connectivity index (χ2v) is 7.11. The van der Waals surface area contributed by atoms with Gasteiger partial charge in [0.15, 0.2) is 6.10 Å². The van der Waals surface area contributed by atoms with Gasteiger partial charge in [-0.3, -0.25) is 9.59 Å². The molecule has 0 saturated heterocycles. The third-order valence-corrected chi connectivity index (χ3v) is 5.15. The second-order valence-electron chi connectivity index (χ2n) is 7.11. The number of fused-ring (bicyclic) bond motifs is 1. The maximum Gasteiger partial charge on any atom is 0.267 e. The Hall–Kier alpha value is -2.04. The minimum Gasteiger partial charge on any atom is -0.479 e. The molecule has 3 rings (SSSR count). The first-order valence-electron chi connectivity index (χ1n) is 9.53. The molecule has 1 saturated carbocycles. The van der Waals surface area contributed by atoms with Crippen molar-refractivity contribution in [3.8, 4) is 5.75 Å². The van der Waals surface area contributed by atoms with Crippen LogP contribution in [0.5, 0.6) is 5.75 Å². The minimum atomic E-state index is -0.466. The quantitative estimate of drug-likeness (QED) is 0.874. The highest BCUT2D eigenvalue weighted by atomic mass is 16.5. The Balaban J connectivity index is 1.78. The lowest BCUT2D eigenvalue weighted by atomic mass is 9.88. The van der Waals surface area contributed by atoms with Crippen LogP contribution >= 0.6 is 0 Å². The number of anilines is 2. The largest absolute Gasteiger partial charge is 0.479 e. The Morgan fingerprint density at radius 1 is 1.28 bits per heavy atom. The zero-order valence-electron chi connectivity index (χ0n) is 15.2. The fourth-order valence-electron chi connectivity index (χ4n) is 3.64. The van der Waals surface area contributed by atoms with Crippen LogP contribution in [0.2, 0.25) is 0 Å².